The summed E-state index contributed by atoms with van der Waals surface area (Å²) in [5, 5.41) is 2.80. The summed E-state index contributed by atoms with van der Waals surface area (Å²) in [4.78, 5) is 12.6. The number of amides is 1. The zero-order valence-electron chi connectivity index (χ0n) is 15.8. The van der Waals surface area contributed by atoms with Crippen molar-refractivity contribution in [1.29, 1.82) is 0 Å². The maximum atomic E-state index is 12.9. The van der Waals surface area contributed by atoms with E-state index in [-0.39, 0.29) is 22.9 Å². The van der Waals surface area contributed by atoms with Gasteiger partial charge in [-0.15, -0.1) is 0 Å². The second kappa shape index (κ2) is 8.37. The molecule has 5 nitrogen and oxygen atoms in total. The molecule has 0 aliphatic heterocycles. The van der Waals surface area contributed by atoms with Gasteiger partial charge in [-0.25, -0.2) is 8.42 Å². The van der Waals surface area contributed by atoms with Crippen molar-refractivity contribution in [3.8, 4) is 0 Å². The molecule has 0 bridgehead atoms. The van der Waals surface area contributed by atoms with E-state index in [9.17, 15) is 13.2 Å². The first-order chi connectivity index (χ1) is 13.4. The molecule has 0 saturated carbocycles. The average molecular weight is 394 g/mol. The van der Waals surface area contributed by atoms with Crippen molar-refractivity contribution in [3.63, 3.8) is 0 Å². The van der Waals surface area contributed by atoms with Crippen molar-refractivity contribution in [3.05, 3.63) is 95.6 Å². The van der Waals surface area contributed by atoms with Crippen LogP contribution in [0.4, 0.5) is 5.69 Å². The quantitative estimate of drug-likeness (QED) is 0.685. The van der Waals surface area contributed by atoms with Crippen LogP contribution in [0.1, 0.15) is 21.5 Å². The Balaban J connectivity index is 1.80. The molecule has 0 aliphatic carbocycles. The predicted molar refractivity (Wildman–Crippen MR) is 111 cm³/mol. The second-order valence-electron chi connectivity index (χ2n) is 6.60. The van der Waals surface area contributed by atoms with Crippen LogP contribution in [0.5, 0.6) is 0 Å². The van der Waals surface area contributed by atoms with Crippen molar-refractivity contribution < 1.29 is 13.2 Å². The third kappa shape index (κ3) is 4.65. The number of benzene rings is 3. The standard InChI is InChI=1S/C22H22N2O3S/c1-17-8-6-12-20(14-17)23-22(25)19-11-7-13-21(15-19)28(26,27)24(2)16-18-9-4-3-5-10-18/h3-15H,16H2,1-2H3,(H,23,25). The van der Waals surface area contributed by atoms with Gasteiger partial charge in [0, 0.05) is 24.8 Å². The summed E-state index contributed by atoms with van der Waals surface area (Å²) in [5.74, 6) is -0.353. The molecule has 0 fully saturated rings. The summed E-state index contributed by atoms with van der Waals surface area (Å²) in [6.07, 6.45) is 0. The Morgan fingerprint density at radius 1 is 0.929 bits per heavy atom. The molecule has 1 amide bonds. The van der Waals surface area contributed by atoms with E-state index in [0.717, 1.165) is 11.1 Å². The highest BCUT2D eigenvalue weighted by molar-refractivity contribution is 7.89. The minimum atomic E-state index is -3.72. The van der Waals surface area contributed by atoms with Crippen molar-refractivity contribution in [1.82, 2.24) is 4.31 Å². The topological polar surface area (TPSA) is 66.5 Å². The lowest BCUT2D eigenvalue weighted by Gasteiger charge is -2.18. The summed E-state index contributed by atoms with van der Waals surface area (Å²) < 4.78 is 27.1. The van der Waals surface area contributed by atoms with Crippen LogP contribution in [0.15, 0.2) is 83.8 Å². The zero-order chi connectivity index (χ0) is 20.1. The van der Waals surface area contributed by atoms with Crippen LogP contribution in [0.3, 0.4) is 0 Å². The Morgan fingerprint density at radius 2 is 1.64 bits per heavy atom. The highest BCUT2D eigenvalue weighted by Gasteiger charge is 2.22. The molecule has 0 radical (unpaired) electrons. The number of nitrogens with zero attached hydrogens (tertiary/aromatic N) is 1. The normalized spacial score (nSPS) is 11.4. The van der Waals surface area contributed by atoms with Crippen LogP contribution in [-0.2, 0) is 16.6 Å². The number of rotatable bonds is 6. The Bertz CT molecular complexity index is 1080. The van der Waals surface area contributed by atoms with Crippen LogP contribution in [-0.4, -0.2) is 25.7 Å². The Labute approximate surface area is 165 Å². The van der Waals surface area contributed by atoms with Gasteiger partial charge in [-0.1, -0.05) is 48.5 Å². The van der Waals surface area contributed by atoms with E-state index < -0.39 is 10.0 Å². The molecular formula is C22H22N2O3S. The number of anilines is 1. The summed E-state index contributed by atoms with van der Waals surface area (Å²) >= 11 is 0. The average Bonchev–Trinajstić information content (AvgIpc) is 2.69. The van der Waals surface area contributed by atoms with Crippen LogP contribution in [0.25, 0.3) is 0 Å². The summed E-state index contributed by atoms with van der Waals surface area (Å²) in [7, 11) is -2.19. The largest absolute Gasteiger partial charge is 0.322 e. The molecule has 3 aromatic carbocycles. The lowest BCUT2D eigenvalue weighted by Crippen LogP contribution is -2.26. The van der Waals surface area contributed by atoms with Crippen molar-refractivity contribution in [2.45, 2.75) is 18.4 Å². The molecular weight excluding hydrogens is 372 g/mol. The van der Waals surface area contributed by atoms with Gasteiger partial charge >= 0.3 is 0 Å². The highest BCUT2D eigenvalue weighted by atomic mass is 32.2. The summed E-state index contributed by atoms with van der Waals surface area (Å²) in [6, 6.07) is 22.9. The van der Waals surface area contributed by atoms with E-state index in [4.69, 9.17) is 0 Å². The molecule has 0 aliphatic rings. The Morgan fingerprint density at radius 3 is 2.36 bits per heavy atom. The molecule has 144 valence electrons. The minimum Gasteiger partial charge on any atom is -0.322 e. The number of aryl methyl sites for hydroxylation is 1. The number of carbonyl (C=O) groups is 1. The fourth-order valence-corrected chi connectivity index (χ4v) is 4.03. The van der Waals surface area contributed by atoms with E-state index >= 15 is 0 Å². The van der Waals surface area contributed by atoms with Gasteiger partial charge in [0.2, 0.25) is 10.0 Å². The molecule has 0 spiro atoms. The van der Waals surface area contributed by atoms with E-state index in [1.807, 2.05) is 55.5 Å². The van der Waals surface area contributed by atoms with E-state index in [0.29, 0.717) is 5.69 Å². The van der Waals surface area contributed by atoms with Gasteiger partial charge < -0.3 is 5.32 Å². The van der Waals surface area contributed by atoms with Gasteiger partial charge in [-0.3, -0.25) is 4.79 Å². The van der Waals surface area contributed by atoms with Crippen LogP contribution >= 0.6 is 0 Å². The Kier molecular flexibility index (Phi) is 5.92. The molecule has 6 heteroatoms. The first-order valence-electron chi connectivity index (χ1n) is 8.84. The zero-order valence-corrected chi connectivity index (χ0v) is 16.6. The highest BCUT2D eigenvalue weighted by Crippen LogP contribution is 2.19. The first kappa shape index (κ1) is 19.8. The predicted octanol–water partition coefficient (Wildman–Crippen LogP) is 4.07. The van der Waals surface area contributed by atoms with E-state index in [1.54, 1.807) is 18.2 Å². The fraction of sp³-hybridized carbons (Fsp3) is 0.136. The molecule has 0 unspecified atom stereocenters. The molecule has 0 saturated heterocycles. The fourth-order valence-electron chi connectivity index (χ4n) is 2.83. The Hall–Kier alpha value is -2.96. The maximum Gasteiger partial charge on any atom is 0.255 e. The minimum absolute atomic E-state index is 0.0859. The van der Waals surface area contributed by atoms with Crippen molar-refractivity contribution >= 4 is 21.6 Å². The SMILES string of the molecule is Cc1cccc(NC(=O)c2cccc(S(=O)(=O)N(C)Cc3ccccc3)c2)c1. The third-order valence-electron chi connectivity index (χ3n) is 4.33. The lowest BCUT2D eigenvalue weighted by atomic mass is 10.2. The second-order valence-corrected chi connectivity index (χ2v) is 8.64. The molecule has 3 aromatic rings. The van der Waals surface area contributed by atoms with Crippen molar-refractivity contribution in [2.75, 3.05) is 12.4 Å². The van der Waals surface area contributed by atoms with E-state index in [2.05, 4.69) is 5.32 Å². The van der Waals surface area contributed by atoms with Crippen LogP contribution in [0, 0.1) is 6.92 Å². The number of carbonyl (C=O) groups excluding carboxylic acids is 1. The van der Waals surface area contributed by atoms with Gasteiger partial charge in [0.05, 0.1) is 4.90 Å². The molecule has 0 atom stereocenters. The van der Waals surface area contributed by atoms with Gasteiger partial charge in [-0.05, 0) is 48.4 Å². The number of sulfonamides is 1. The van der Waals surface area contributed by atoms with Gasteiger partial charge in [0.25, 0.3) is 5.91 Å². The smallest absolute Gasteiger partial charge is 0.255 e. The van der Waals surface area contributed by atoms with Gasteiger partial charge in [-0.2, -0.15) is 4.31 Å². The van der Waals surface area contributed by atoms with Crippen LogP contribution in [0.2, 0.25) is 0 Å². The molecule has 0 aromatic heterocycles. The first-order valence-corrected chi connectivity index (χ1v) is 10.3. The molecule has 1 N–H and O–H groups in total. The maximum absolute atomic E-state index is 12.9. The number of nitrogens with one attached hydrogen (secondary N) is 1. The molecule has 0 heterocycles. The van der Waals surface area contributed by atoms with Crippen LogP contribution < -0.4 is 5.32 Å². The molecule has 3 rings (SSSR count). The van der Waals surface area contributed by atoms with Crippen molar-refractivity contribution in [2.24, 2.45) is 0 Å². The lowest BCUT2D eigenvalue weighted by molar-refractivity contribution is 0.102. The number of hydrogen-bond donors (Lipinski definition) is 1. The van der Waals surface area contributed by atoms with Gasteiger partial charge in [0.15, 0.2) is 0 Å². The molecule has 28 heavy (non-hydrogen) atoms. The number of hydrogen-bond acceptors (Lipinski definition) is 3. The third-order valence-corrected chi connectivity index (χ3v) is 6.13. The van der Waals surface area contributed by atoms with E-state index in [1.165, 1.54) is 23.5 Å². The van der Waals surface area contributed by atoms with Gasteiger partial charge in [0.1, 0.15) is 0 Å². The summed E-state index contributed by atoms with van der Waals surface area (Å²) in [6.45, 7) is 2.19. The summed E-state index contributed by atoms with van der Waals surface area (Å²) in [5.41, 5.74) is 2.87. The monoisotopic (exact) mass is 394 g/mol.